The molecule has 0 bridgehead atoms. The number of sulfonamides is 1. The van der Waals surface area contributed by atoms with Crippen LogP contribution in [-0.2, 0) is 21.4 Å². The molecular formula is C27H25F5N7O6PS2. The summed E-state index contributed by atoms with van der Waals surface area (Å²) < 4.78 is 101. The molecule has 1 fully saturated rings. The van der Waals surface area contributed by atoms with Gasteiger partial charge in [-0.1, -0.05) is 23.5 Å². The topological polar surface area (TPSA) is 156 Å². The molecule has 48 heavy (non-hydrogen) atoms. The highest BCUT2D eigenvalue weighted by Crippen LogP contribution is 2.32. The third-order valence-electron chi connectivity index (χ3n) is 6.78. The Hall–Kier alpha value is -4.26. The first-order valence-electron chi connectivity index (χ1n) is 13.7. The molecule has 3 heterocycles. The van der Waals surface area contributed by atoms with Crippen LogP contribution in [0, 0.1) is 0 Å². The van der Waals surface area contributed by atoms with Crippen LogP contribution < -0.4 is 25.0 Å². The Morgan fingerprint density at radius 1 is 1.00 bits per heavy atom. The SMILES string of the molecule is CNC(=O)c1ncc2sc(N3CCN(S(=O)(=O)c4ccc(OC(F)(F)F)cc4)[C@@H](C(=O)NCc4ccc(OC(F)(F)P)cc4)C3)nc2n1. The minimum Gasteiger partial charge on any atom is -0.430 e. The molecule has 2 amide bonds. The number of aromatic nitrogens is 3. The maximum absolute atomic E-state index is 13.8. The number of nitrogens with zero attached hydrogens (tertiary/aromatic N) is 5. The van der Waals surface area contributed by atoms with Crippen LogP contribution in [0.15, 0.2) is 59.6 Å². The van der Waals surface area contributed by atoms with Gasteiger partial charge in [0.1, 0.15) is 17.5 Å². The predicted molar refractivity (Wildman–Crippen MR) is 165 cm³/mol. The van der Waals surface area contributed by atoms with Gasteiger partial charge in [-0.2, -0.15) is 18.1 Å². The molecule has 1 saturated heterocycles. The Morgan fingerprint density at radius 2 is 1.65 bits per heavy atom. The van der Waals surface area contributed by atoms with Crippen molar-refractivity contribution in [1.29, 1.82) is 0 Å². The van der Waals surface area contributed by atoms with Crippen molar-refractivity contribution in [3.63, 3.8) is 0 Å². The van der Waals surface area contributed by atoms with Gasteiger partial charge in [0.2, 0.25) is 21.8 Å². The van der Waals surface area contributed by atoms with Gasteiger partial charge < -0.3 is 25.0 Å². The Bertz CT molecular complexity index is 1910. The number of carbonyl (C=O) groups excluding carboxylic acids is 2. The van der Waals surface area contributed by atoms with Gasteiger partial charge in [0.05, 0.1) is 15.8 Å². The first-order valence-corrected chi connectivity index (χ1v) is 16.6. The van der Waals surface area contributed by atoms with Gasteiger partial charge in [0.15, 0.2) is 10.8 Å². The van der Waals surface area contributed by atoms with Crippen molar-refractivity contribution in [2.45, 2.75) is 29.7 Å². The third-order valence-corrected chi connectivity index (χ3v) is 9.86. The van der Waals surface area contributed by atoms with E-state index in [2.05, 4.69) is 35.1 Å². The molecule has 2 aromatic heterocycles. The summed E-state index contributed by atoms with van der Waals surface area (Å²) in [5, 5.41) is 5.45. The maximum atomic E-state index is 13.8. The lowest BCUT2D eigenvalue weighted by Crippen LogP contribution is -2.60. The van der Waals surface area contributed by atoms with Crippen LogP contribution in [0.1, 0.15) is 16.2 Å². The van der Waals surface area contributed by atoms with Crippen LogP contribution >= 0.6 is 20.6 Å². The van der Waals surface area contributed by atoms with Gasteiger partial charge >= 0.3 is 12.2 Å². The summed E-state index contributed by atoms with van der Waals surface area (Å²) in [6.07, 6.45) is -3.56. The monoisotopic (exact) mass is 733 g/mol. The second-order valence-electron chi connectivity index (χ2n) is 10.1. The fourth-order valence-electron chi connectivity index (χ4n) is 4.61. The highest BCUT2D eigenvalue weighted by Gasteiger charge is 2.41. The standard InChI is InChI=1S/C27H25F5N7O6PS2/c1-33-24(41)22-34-13-20-21(36-22)37-25(47-20)38-10-11-39(48(42,43)18-8-6-16(7-9-18)44-26(28,29)30)19(14-38)23(40)35-12-15-2-4-17(5-3-15)45-27(31,32)46/h2-9,13,19H,10-12,14,46H2,1H3,(H,33,41)(H,35,40)/t19-/m1/s1. The number of alkyl halides is 5. The number of benzene rings is 2. The van der Waals surface area contributed by atoms with E-state index in [4.69, 9.17) is 0 Å². The molecule has 21 heteroatoms. The number of amides is 2. The maximum Gasteiger partial charge on any atom is 0.573 e. The number of fused-ring (bicyclic) bond motifs is 1. The van der Waals surface area contributed by atoms with E-state index in [0.717, 1.165) is 39.9 Å². The van der Waals surface area contributed by atoms with Crippen molar-refractivity contribution >= 4 is 57.9 Å². The van der Waals surface area contributed by atoms with Crippen molar-refractivity contribution in [3.05, 3.63) is 66.1 Å². The van der Waals surface area contributed by atoms with Gasteiger partial charge in [-0.05, 0) is 51.2 Å². The zero-order valence-corrected chi connectivity index (χ0v) is 27.4. The molecule has 256 valence electrons. The molecule has 1 aliphatic heterocycles. The minimum atomic E-state index is -4.98. The smallest absolute Gasteiger partial charge is 0.430 e. The summed E-state index contributed by atoms with van der Waals surface area (Å²) in [6.45, 7) is -0.452. The number of piperazine rings is 1. The quantitative estimate of drug-likeness (QED) is 0.183. The van der Waals surface area contributed by atoms with Gasteiger partial charge in [-0.25, -0.2) is 18.4 Å². The number of hydrogen-bond donors (Lipinski definition) is 2. The summed E-state index contributed by atoms with van der Waals surface area (Å²) >= 11 is 1.16. The predicted octanol–water partition coefficient (Wildman–Crippen LogP) is 3.34. The van der Waals surface area contributed by atoms with Crippen LogP contribution in [0.5, 0.6) is 11.5 Å². The average Bonchev–Trinajstić information content (AvgIpc) is 3.46. The van der Waals surface area contributed by atoms with Crippen LogP contribution in [0.2, 0.25) is 0 Å². The molecule has 0 spiro atoms. The number of halogens is 5. The lowest BCUT2D eigenvalue weighted by Gasteiger charge is -2.39. The highest BCUT2D eigenvalue weighted by atomic mass is 32.2. The van der Waals surface area contributed by atoms with Crippen LogP contribution in [0.3, 0.4) is 0 Å². The van der Waals surface area contributed by atoms with E-state index in [0.29, 0.717) is 15.4 Å². The first kappa shape index (κ1) is 35.1. The molecule has 4 aromatic rings. The average molecular weight is 734 g/mol. The Morgan fingerprint density at radius 3 is 2.27 bits per heavy atom. The van der Waals surface area contributed by atoms with E-state index in [1.54, 1.807) is 4.90 Å². The van der Waals surface area contributed by atoms with Gasteiger partial charge in [-0.15, -0.1) is 13.2 Å². The molecule has 1 aliphatic rings. The largest absolute Gasteiger partial charge is 0.573 e. The summed E-state index contributed by atoms with van der Waals surface area (Å²) in [4.78, 5) is 39.5. The van der Waals surface area contributed by atoms with Crippen molar-refractivity contribution in [2.75, 3.05) is 31.6 Å². The number of thiazole rings is 1. The van der Waals surface area contributed by atoms with Crippen LogP contribution in [-0.4, -0.2) is 84.4 Å². The van der Waals surface area contributed by atoms with Crippen LogP contribution in [0.4, 0.5) is 27.1 Å². The van der Waals surface area contributed by atoms with Crippen LogP contribution in [0.25, 0.3) is 10.3 Å². The summed E-state index contributed by atoms with van der Waals surface area (Å²) in [5.74, 6) is -5.59. The van der Waals surface area contributed by atoms with Crippen molar-refractivity contribution in [3.8, 4) is 11.5 Å². The molecule has 0 saturated carbocycles. The van der Waals surface area contributed by atoms with Gasteiger partial charge in [0, 0.05) is 33.2 Å². The second-order valence-corrected chi connectivity index (χ2v) is 13.7. The van der Waals surface area contributed by atoms with Crippen molar-refractivity contribution < 1.29 is 49.4 Å². The highest BCUT2D eigenvalue weighted by molar-refractivity contribution is 7.89. The van der Waals surface area contributed by atoms with E-state index < -0.39 is 45.8 Å². The molecule has 1 unspecified atom stereocenters. The molecule has 2 atom stereocenters. The Labute approximate surface area is 275 Å². The molecule has 0 aliphatic carbocycles. The number of nitrogens with one attached hydrogen (secondary N) is 2. The summed E-state index contributed by atoms with van der Waals surface area (Å²) in [5.41, 5.74) is 0.703. The number of anilines is 1. The van der Waals surface area contributed by atoms with Gasteiger partial charge in [-0.3, -0.25) is 9.59 Å². The fourth-order valence-corrected chi connectivity index (χ4v) is 7.23. The molecular weight excluding hydrogens is 708 g/mol. The number of ether oxygens (including phenoxy) is 2. The normalized spacial score (nSPS) is 16.1. The van der Waals surface area contributed by atoms with Crippen molar-refractivity contribution in [1.82, 2.24) is 29.9 Å². The molecule has 13 nitrogen and oxygen atoms in total. The molecule has 2 N–H and O–H groups in total. The Kier molecular flexibility index (Phi) is 10.0. The second kappa shape index (κ2) is 13.7. The van der Waals surface area contributed by atoms with E-state index in [1.807, 2.05) is 0 Å². The zero-order chi connectivity index (χ0) is 34.9. The summed E-state index contributed by atoms with van der Waals surface area (Å²) in [6, 6.07) is 7.65. The lowest BCUT2D eigenvalue weighted by atomic mass is 10.1. The third kappa shape index (κ3) is 8.41. The zero-order valence-electron chi connectivity index (χ0n) is 24.6. The van der Waals surface area contributed by atoms with Crippen molar-refractivity contribution in [2.24, 2.45) is 0 Å². The molecule has 2 aromatic carbocycles. The minimum absolute atomic E-state index is 0.0651. The molecule has 0 radical (unpaired) electrons. The van der Waals surface area contributed by atoms with E-state index in [9.17, 15) is 40.0 Å². The first-order chi connectivity index (χ1) is 22.5. The van der Waals surface area contributed by atoms with Gasteiger partial charge in [0.25, 0.3) is 5.91 Å². The lowest BCUT2D eigenvalue weighted by molar-refractivity contribution is -0.274. The fraction of sp³-hybridized carbons (Fsp3) is 0.296. The summed E-state index contributed by atoms with van der Waals surface area (Å²) in [7, 11) is -1.77. The Balaban J connectivity index is 1.40. The number of carbonyl (C=O) groups is 2. The molecule has 5 rings (SSSR count). The number of rotatable bonds is 10. The van der Waals surface area contributed by atoms with E-state index in [-0.39, 0.29) is 48.3 Å². The number of hydrogen-bond acceptors (Lipinski definition) is 11. The van der Waals surface area contributed by atoms with E-state index >= 15 is 0 Å². The van der Waals surface area contributed by atoms with E-state index in [1.165, 1.54) is 46.7 Å².